The summed E-state index contributed by atoms with van der Waals surface area (Å²) in [5.74, 6) is 1.30. The molecule has 0 fully saturated rings. The summed E-state index contributed by atoms with van der Waals surface area (Å²) in [7, 11) is 1.55. The van der Waals surface area contributed by atoms with E-state index in [0.717, 1.165) is 5.56 Å². The van der Waals surface area contributed by atoms with Gasteiger partial charge in [0, 0.05) is 0 Å². The van der Waals surface area contributed by atoms with Gasteiger partial charge in [0.2, 0.25) is 0 Å². The lowest BCUT2D eigenvalue weighted by Gasteiger charge is -2.13. The van der Waals surface area contributed by atoms with Crippen LogP contribution in [0.3, 0.4) is 0 Å². The number of nitrogens with one attached hydrogen (secondary N) is 1. The normalized spacial score (nSPS) is 11.4. The van der Waals surface area contributed by atoms with Crippen LogP contribution in [0.15, 0.2) is 108 Å². The maximum atomic E-state index is 12.4. The third-order valence-corrected chi connectivity index (χ3v) is 5.54. The lowest BCUT2D eigenvalue weighted by molar-refractivity contribution is -0.127. The molecule has 1 atom stereocenters. The largest absolute Gasteiger partial charge is 0.497 e. The van der Waals surface area contributed by atoms with Crippen LogP contribution in [-0.2, 0) is 11.4 Å². The lowest BCUT2D eigenvalue weighted by atomic mass is 10.2. The highest BCUT2D eigenvalue weighted by Gasteiger charge is 2.14. The Morgan fingerprint density at radius 1 is 0.821 bits per heavy atom. The molecule has 1 N–H and O–H groups in total. The van der Waals surface area contributed by atoms with Gasteiger partial charge in [-0.2, -0.15) is 5.10 Å². The predicted molar refractivity (Wildman–Crippen MR) is 147 cm³/mol. The van der Waals surface area contributed by atoms with Crippen molar-refractivity contribution in [2.45, 2.75) is 19.6 Å². The van der Waals surface area contributed by atoms with Crippen molar-refractivity contribution in [3.63, 3.8) is 0 Å². The predicted octanol–water partition coefficient (Wildman–Crippen LogP) is 5.41. The van der Waals surface area contributed by atoms with Crippen molar-refractivity contribution in [1.82, 2.24) is 5.43 Å². The molecule has 39 heavy (non-hydrogen) atoms. The highest BCUT2D eigenvalue weighted by molar-refractivity contribution is 5.91. The maximum Gasteiger partial charge on any atom is 0.343 e. The van der Waals surface area contributed by atoms with Crippen molar-refractivity contribution in [2.75, 3.05) is 7.11 Å². The van der Waals surface area contributed by atoms with Crippen molar-refractivity contribution >= 4 is 18.1 Å². The van der Waals surface area contributed by atoms with E-state index in [-0.39, 0.29) is 0 Å². The van der Waals surface area contributed by atoms with Gasteiger partial charge in [-0.1, -0.05) is 42.5 Å². The van der Waals surface area contributed by atoms with Gasteiger partial charge in [0.25, 0.3) is 5.91 Å². The van der Waals surface area contributed by atoms with E-state index in [0.29, 0.717) is 40.7 Å². The molecular weight excluding hydrogens is 496 g/mol. The van der Waals surface area contributed by atoms with Gasteiger partial charge in [-0.3, -0.25) is 4.79 Å². The first-order valence-electron chi connectivity index (χ1n) is 12.2. The number of ether oxygens (including phenoxy) is 4. The molecule has 198 valence electrons. The molecule has 0 saturated heterocycles. The number of esters is 1. The second-order valence-electron chi connectivity index (χ2n) is 8.43. The minimum atomic E-state index is -0.782. The number of methoxy groups -OCH3 is 1. The smallest absolute Gasteiger partial charge is 0.343 e. The minimum Gasteiger partial charge on any atom is -0.497 e. The molecule has 8 nitrogen and oxygen atoms in total. The molecule has 0 spiro atoms. The first-order valence-corrected chi connectivity index (χ1v) is 12.2. The Kier molecular flexibility index (Phi) is 9.28. The van der Waals surface area contributed by atoms with Gasteiger partial charge < -0.3 is 18.9 Å². The lowest BCUT2D eigenvalue weighted by Crippen LogP contribution is -2.33. The second-order valence-corrected chi connectivity index (χ2v) is 8.43. The molecule has 4 aromatic carbocycles. The molecule has 8 heteroatoms. The minimum absolute atomic E-state index is 0.346. The average Bonchev–Trinajstić information content (AvgIpc) is 2.97. The maximum absolute atomic E-state index is 12.4. The third-order valence-electron chi connectivity index (χ3n) is 5.54. The highest BCUT2D eigenvalue weighted by Crippen LogP contribution is 2.20. The second kappa shape index (κ2) is 13.4. The van der Waals surface area contributed by atoms with Crippen molar-refractivity contribution in [3.05, 3.63) is 120 Å². The monoisotopic (exact) mass is 524 g/mol. The van der Waals surface area contributed by atoms with Crippen LogP contribution in [0.5, 0.6) is 23.0 Å². The Morgan fingerprint density at radius 3 is 2.23 bits per heavy atom. The van der Waals surface area contributed by atoms with Crippen LogP contribution in [0.2, 0.25) is 0 Å². The zero-order valence-corrected chi connectivity index (χ0v) is 21.6. The quantitative estimate of drug-likeness (QED) is 0.122. The molecule has 0 aromatic heterocycles. The molecule has 0 aliphatic rings. The summed E-state index contributed by atoms with van der Waals surface area (Å²) in [4.78, 5) is 24.8. The van der Waals surface area contributed by atoms with Crippen LogP contribution in [0.4, 0.5) is 0 Å². The SMILES string of the molecule is COc1ccc(C(=O)Oc2cccc(/C=N/NC(=O)C(C)Oc3ccc(OCc4ccccc4)cc3)c2)cc1. The number of hydrogen-bond acceptors (Lipinski definition) is 7. The fourth-order valence-corrected chi connectivity index (χ4v) is 3.43. The van der Waals surface area contributed by atoms with Gasteiger partial charge in [0.15, 0.2) is 6.10 Å². The van der Waals surface area contributed by atoms with Gasteiger partial charge in [-0.15, -0.1) is 0 Å². The van der Waals surface area contributed by atoms with Crippen molar-refractivity contribution in [1.29, 1.82) is 0 Å². The van der Waals surface area contributed by atoms with Crippen molar-refractivity contribution in [2.24, 2.45) is 5.10 Å². The number of nitrogens with zero attached hydrogens (tertiary/aromatic N) is 1. The molecule has 1 amide bonds. The zero-order chi connectivity index (χ0) is 27.5. The summed E-state index contributed by atoms with van der Waals surface area (Å²) in [5, 5.41) is 3.99. The van der Waals surface area contributed by atoms with Crippen molar-refractivity contribution in [3.8, 4) is 23.0 Å². The summed E-state index contributed by atoms with van der Waals surface area (Å²) < 4.78 is 22.0. The van der Waals surface area contributed by atoms with Gasteiger partial charge in [-0.05, 0) is 78.7 Å². The Morgan fingerprint density at radius 2 is 1.51 bits per heavy atom. The van der Waals surface area contributed by atoms with Gasteiger partial charge >= 0.3 is 5.97 Å². The first kappa shape index (κ1) is 26.9. The van der Waals surface area contributed by atoms with Crippen LogP contribution < -0.4 is 24.4 Å². The van der Waals surface area contributed by atoms with E-state index in [9.17, 15) is 9.59 Å². The number of amides is 1. The molecule has 0 radical (unpaired) electrons. The van der Waals surface area contributed by atoms with E-state index in [1.807, 2.05) is 30.3 Å². The third kappa shape index (κ3) is 8.19. The van der Waals surface area contributed by atoms with E-state index >= 15 is 0 Å². The van der Waals surface area contributed by atoms with Crippen LogP contribution >= 0.6 is 0 Å². The standard InChI is InChI=1S/C31H28N2O6/c1-22(38-28-17-15-27(16-18-28)37-21-23-7-4-3-5-8-23)30(34)33-32-20-24-9-6-10-29(19-24)39-31(35)25-11-13-26(36-2)14-12-25/h3-20,22H,21H2,1-2H3,(H,33,34)/b32-20+. The van der Waals surface area contributed by atoms with Gasteiger partial charge in [-0.25, -0.2) is 10.2 Å². The Labute approximate surface area is 226 Å². The molecular formula is C31H28N2O6. The summed E-state index contributed by atoms with van der Waals surface area (Å²) >= 11 is 0. The average molecular weight is 525 g/mol. The summed E-state index contributed by atoms with van der Waals surface area (Å²) in [6, 6.07) is 30.3. The Balaban J connectivity index is 1.24. The van der Waals surface area contributed by atoms with E-state index in [2.05, 4.69) is 10.5 Å². The van der Waals surface area contributed by atoms with Crippen LogP contribution in [0, 0.1) is 0 Å². The zero-order valence-electron chi connectivity index (χ0n) is 21.6. The van der Waals surface area contributed by atoms with Gasteiger partial charge in [0.1, 0.15) is 29.6 Å². The Bertz CT molecular complexity index is 1400. The number of hydrazone groups is 1. The molecule has 0 heterocycles. The molecule has 0 bridgehead atoms. The highest BCUT2D eigenvalue weighted by atomic mass is 16.5. The van der Waals surface area contributed by atoms with Crippen LogP contribution in [0.25, 0.3) is 0 Å². The molecule has 1 unspecified atom stereocenters. The molecule has 0 aliphatic heterocycles. The number of carbonyl (C=O) groups excluding carboxylic acids is 2. The molecule has 4 aromatic rings. The molecule has 0 aliphatic carbocycles. The first-order chi connectivity index (χ1) is 19.0. The summed E-state index contributed by atoms with van der Waals surface area (Å²) in [6.07, 6.45) is 0.670. The fourth-order valence-electron chi connectivity index (χ4n) is 3.43. The number of hydrogen-bond donors (Lipinski definition) is 1. The van der Waals surface area contributed by atoms with E-state index in [4.69, 9.17) is 18.9 Å². The Hall–Kier alpha value is -5.11. The summed E-state index contributed by atoms with van der Waals surface area (Å²) in [6.45, 7) is 2.09. The number of rotatable bonds is 11. The van der Waals surface area contributed by atoms with E-state index < -0.39 is 18.0 Å². The van der Waals surface area contributed by atoms with Crippen LogP contribution in [0.1, 0.15) is 28.4 Å². The topological polar surface area (TPSA) is 95.5 Å². The van der Waals surface area contributed by atoms with Crippen LogP contribution in [-0.4, -0.2) is 31.3 Å². The van der Waals surface area contributed by atoms with E-state index in [1.165, 1.54) is 6.21 Å². The molecule has 4 rings (SSSR count). The number of carbonyl (C=O) groups is 2. The molecule has 0 saturated carbocycles. The number of benzene rings is 4. The fraction of sp³-hybridized carbons (Fsp3) is 0.129. The van der Waals surface area contributed by atoms with Crippen molar-refractivity contribution < 1.29 is 28.5 Å². The van der Waals surface area contributed by atoms with Gasteiger partial charge in [0.05, 0.1) is 18.9 Å². The van der Waals surface area contributed by atoms with E-state index in [1.54, 1.807) is 86.8 Å². The summed E-state index contributed by atoms with van der Waals surface area (Å²) in [5.41, 5.74) is 4.56.